The van der Waals surface area contributed by atoms with E-state index in [-0.39, 0.29) is 11.3 Å². The first-order valence-corrected chi connectivity index (χ1v) is 11.0. The Morgan fingerprint density at radius 3 is 2.45 bits per heavy atom. The van der Waals surface area contributed by atoms with E-state index in [9.17, 15) is 14.7 Å². The highest BCUT2D eigenvalue weighted by atomic mass is 35.5. The van der Waals surface area contributed by atoms with Crippen LogP contribution in [-0.2, 0) is 9.59 Å². The van der Waals surface area contributed by atoms with Gasteiger partial charge in [0.2, 0.25) is 0 Å². The molecule has 5 nitrogen and oxygen atoms in total. The van der Waals surface area contributed by atoms with Gasteiger partial charge in [-0.15, -0.1) is 11.3 Å². The van der Waals surface area contributed by atoms with E-state index in [0.717, 1.165) is 30.9 Å². The number of hydrogen-bond acceptors (Lipinski definition) is 5. The van der Waals surface area contributed by atoms with Gasteiger partial charge in [-0.1, -0.05) is 31.5 Å². The molecule has 0 saturated carbocycles. The van der Waals surface area contributed by atoms with Crippen molar-refractivity contribution in [2.24, 2.45) is 0 Å². The Hall–Kier alpha value is -2.15. The molecule has 1 aromatic carbocycles. The van der Waals surface area contributed by atoms with Crippen LogP contribution in [-0.4, -0.2) is 52.8 Å². The Morgan fingerprint density at radius 1 is 1.17 bits per heavy atom. The number of carbonyl (C=O) groups excluding carboxylic acids is 2. The van der Waals surface area contributed by atoms with Gasteiger partial charge in [0.1, 0.15) is 5.76 Å². The van der Waals surface area contributed by atoms with Crippen molar-refractivity contribution in [2.75, 3.05) is 26.2 Å². The number of benzene rings is 1. The minimum atomic E-state index is -0.640. The Morgan fingerprint density at radius 2 is 1.86 bits per heavy atom. The summed E-state index contributed by atoms with van der Waals surface area (Å²) in [5.41, 5.74) is 0.611. The molecule has 1 saturated heterocycles. The summed E-state index contributed by atoms with van der Waals surface area (Å²) < 4.78 is 0. The Labute approximate surface area is 180 Å². The van der Waals surface area contributed by atoms with Crippen molar-refractivity contribution in [3.8, 4) is 0 Å². The maximum absolute atomic E-state index is 12.9. The molecule has 1 atom stereocenters. The lowest BCUT2D eigenvalue weighted by Crippen LogP contribution is -2.33. The molecule has 2 heterocycles. The summed E-state index contributed by atoms with van der Waals surface area (Å²) in [6, 6.07) is 9.82. The van der Waals surface area contributed by atoms with Crippen molar-refractivity contribution in [3.63, 3.8) is 0 Å². The monoisotopic (exact) mass is 432 g/mol. The number of amides is 1. The SMILES string of the molecule is CCN(CC)CCCN1C(=O)C(=O)/C(=C(\O)c2ccc(Cl)cc2)C1c1cccs1. The van der Waals surface area contributed by atoms with Crippen molar-refractivity contribution < 1.29 is 14.7 Å². The minimum Gasteiger partial charge on any atom is -0.507 e. The molecule has 0 bridgehead atoms. The number of ketones is 1. The molecule has 0 radical (unpaired) electrons. The third kappa shape index (κ3) is 4.55. The number of aliphatic hydroxyl groups is 1. The Kier molecular flexibility index (Phi) is 7.11. The number of halogens is 1. The molecule has 0 spiro atoms. The van der Waals surface area contributed by atoms with Crippen LogP contribution in [0.3, 0.4) is 0 Å². The largest absolute Gasteiger partial charge is 0.507 e. The number of hydrogen-bond donors (Lipinski definition) is 1. The van der Waals surface area contributed by atoms with Gasteiger partial charge in [-0.05, 0) is 61.8 Å². The van der Waals surface area contributed by atoms with E-state index in [2.05, 4.69) is 18.7 Å². The van der Waals surface area contributed by atoms with Crippen molar-refractivity contribution >= 4 is 40.4 Å². The number of carbonyl (C=O) groups is 2. The second-order valence-corrected chi connectivity index (χ2v) is 8.31. The van der Waals surface area contributed by atoms with E-state index in [1.807, 2.05) is 17.5 Å². The molecule has 1 N–H and O–H groups in total. The molecule has 7 heteroatoms. The summed E-state index contributed by atoms with van der Waals surface area (Å²) in [6.45, 7) is 7.41. The fourth-order valence-corrected chi connectivity index (χ4v) is 4.59. The highest BCUT2D eigenvalue weighted by Crippen LogP contribution is 2.41. The number of thiophene rings is 1. The summed E-state index contributed by atoms with van der Waals surface area (Å²) >= 11 is 7.41. The van der Waals surface area contributed by atoms with Crippen LogP contribution in [0.5, 0.6) is 0 Å². The fraction of sp³-hybridized carbons (Fsp3) is 0.364. The smallest absolute Gasteiger partial charge is 0.295 e. The zero-order valence-corrected chi connectivity index (χ0v) is 18.2. The van der Waals surface area contributed by atoms with Gasteiger partial charge in [0.05, 0.1) is 11.6 Å². The molecule has 1 aliphatic rings. The van der Waals surface area contributed by atoms with E-state index in [1.54, 1.807) is 29.2 Å². The maximum Gasteiger partial charge on any atom is 0.295 e. The molecular formula is C22H25ClN2O3S. The average Bonchev–Trinajstić information content (AvgIpc) is 3.33. The molecule has 1 fully saturated rings. The molecular weight excluding hydrogens is 408 g/mol. The van der Waals surface area contributed by atoms with Gasteiger partial charge in [0.15, 0.2) is 0 Å². The molecule has 0 aliphatic carbocycles. The predicted molar refractivity (Wildman–Crippen MR) is 117 cm³/mol. The third-order valence-electron chi connectivity index (χ3n) is 5.24. The van der Waals surface area contributed by atoms with Crippen molar-refractivity contribution in [3.05, 3.63) is 62.8 Å². The second-order valence-electron chi connectivity index (χ2n) is 6.90. The van der Waals surface area contributed by atoms with Crippen LogP contribution in [0, 0.1) is 0 Å². The van der Waals surface area contributed by atoms with Gasteiger partial charge in [-0.2, -0.15) is 0 Å². The van der Waals surface area contributed by atoms with E-state index in [1.165, 1.54) is 11.3 Å². The van der Waals surface area contributed by atoms with Crippen LogP contribution >= 0.6 is 22.9 Å². The van der Waals surface area contributed by atoms with Gasteiger partial charge in [0, 0.05) is 22.0 Å². The van der Waals surface area contributed by atoms with Crippen molar-refractivity contribution in [2.45, 2.75) is 26.3 Å². The first kappa shape index (κ1) is 21.6. The first-order chi connectivity index (χ1) is 14.0. The normalized spacial score (nSPS) is 18.8. The molecule has 2 aromatic rings. The van der Waals surface area contributed by atoms with Crippen molar-refractivity contribution in [1.82, 2.24) is 9.80 Å². The minimum absolute atomic E-state index is 0.141. The second kappa shape index (κ2) is 9.57. The summed E-state index contributed by atoms with van der Waals surface area (Å²) in [4.78, 5) is 30.4. The number of Topliss-reactive ketones (excluding diaryl/α,β-unsaturated/α-hetero) is 1. The lowest BCUT2D eigenvalue weighted by atomic mass is 10.00. The number of nitrogens with zero attached hydrogens (tertiary/aromatic N) is 2. The van der Waals surface area contributed by atoms with Gasteiger partial charge < -0.3 is 14.9 Å². The zero-order chi connectivity index (χ0) is 21.0. The molecule has 29 heavy (non-hydrogen) atoms. The Balaban J connectivity index is 1.95. The molecule has 154 valence electrons. The van der Waals surface area contributed by atoms with E-state index < -0.39 is 17.7 Å². The lowest BCUT2D eigenvalue weighted by Gasteiger charge is -2.25. The van der Waals surface area contributed by atoms with E-state index in [0.29, 0.717) is 17.1 Å². The highest BCUT2D eigenvalue weighted by Gasteiger charge is 2.46. The summed E-state index contributed by atoms with van der Waals surface area (Å²) in [5.74, 6) is -1.36. The van der Waals surface area contributed by atoms with Crippen LogP contribution in [0.1, 0.15) is 36.8 Å². The molecule has 3 rings (SSSR count). The molecule has 1 amide bonds. The topological polar surface area (TPSA) is 60.9 Å². The summed E-state index contributed by atoms with van der Waals surface area (Å²) in [5, 5.41) is 13.4. The van der Waals surface area contributed by atoms with Crippen LogP contribution < -0.4 is 0 Å². The summed E-state index contributed by atoms with van der Waals surface area (Å²) in [7, 11) is 0. The number of rotatable bonds is 8. The lowest BCUT2D eigenvalue weighted by molar-refractivity contribution is -0.139. The average molecular weight is 433 g/mol. The van der Waals surface area contributed by atoms with Crippen LogP contribution in [0.4, 0.5) is 0 Å². The molecule has 1 aromatic heterocycles. The zero-order valence-electron chi connectivity index (χ0n) is 16.6. The van der Waals surface area contributed by atoms with E-state index in [4.69, 9.17) is 11.6 Å². The van der Waals surface area contributed by atoms with E-state index >= 15 is 0 Å². The molecule has 1 aliphatic heterocycles. The van der Waals surface area contributed by atoms with Gasteiger partial charge in [-0.3, -0.25) is 9.59 Å². The number of likely N-dealkylation sites (tertiary alicyclic amines) is 1. The highest BCUT2D eigenvalue weighted by molar-refractivity contribution is 7.10. The van der Waals surface area contributed by atoms with Crippen molar-refractivity contribution in [1.29, 1.82) is 0 Å². The van der Waals surface area contributed by atoms with Gasteiger partial charge in [0.25, 0.3) is 11.7 Å². The fourth-order valence-electron chi connectivity index (χ4n) is 3.62. The third-order valence-corrected chi connectivity index (χ3v) is 6.41. The quantitative estimate of drug-likeness (QED) is 0.377. The predicted octanol–water partition coefficient (Wildman–Crippen LogP) is 4.56. The summed E-state index contributed by atoms with van der Waals surface area (Å²) in [6.07, 6.45) is 0.761. The molecule has 1 unspecified atom stereocenters. The number of aliphatic hydroxyl groups excluding tert-OH is 1. The standard InChI is InChI=1S/C22H25ClN2O3S/c1-3-24(4-2)12-6-13-25-19(17-7-5-14-29-17)18(21(27)22(25)28)20(26)15-8-10-16(23)11-9-15/h5,7-11,14,19,26H,3-4,6,12-13H2,1-2H3/b20-18-. The van der Waals surface area contributed by atoms with Crippen LogP contribution in [0.2, 0.25) is 5.02 Å². The first-order valence-electron chi connectivity index (χ1n) is 9.78. The van der Waals surface area contributed by atoms with Gasteiger partial charge >= 0.3 is 0 Å². The maximum atomic E-state index is 12.9. The Bertz CT molecular complexity index is 889. The van der Waals surface area contributed by atoms with Gasteiger partial charge in [-0.25, -0.2) is 0 Å². The van der Waals surface area contributed by atoms with Crippen LogP contribution in [0.15, 0.2) is 47.4 Å². The van der Waals surface area contributed by atoms with Crippen LogP contribution in [0.25, 0.3) is 5.76 Å².